The van der Waals surface area contributed by atoms with Crippen molar-refractivity contribution in [1.29, 1.82) is 0 Å². The molecule has 0 spiro atoms. The molecule has 0 saturated carbocycles. The van der Waals surface area contributed by atoms with Crippen LogP contribution in [-0.2, 0) is 11.3 Å². The Morgan fingerprint density at radius 1 is 1.05 bits per heavy atom. The molecule has 1 aliphatic heterocycles. The highest BCUT2D eigenvalue weighted by Gasteiger charge is 2.33. The van der Waals surface area contributed by atoms with Crippen molar-refractivity contribution in [2.75, 3.05) is 46.4 Å². The van der Waals surface area contributed by atoms with Gasteiger partial charge in [0, 0.05) is 6.04 Å². The van der Waals surface area contributed by atoms with Crippen molar-refractivity contribution in [3.8, 4) is 17.2 Å². The van der Waals surface area contributed by atoms with Crippen molar-refractivity contribution in [2.24, 2.45) is 0 Å². The van der Waals surface area contributed by atoms with Crippen molar-refractivity contribution in [3.05, 3.63) is 76.8 Å². The van der Waals surface area contributed by atoms with Gasteiger partial charge in [-0.15, -0.1) is 0 Å². The predicted molar refractivity (Wildman–Crippen MR) is 169 cm³/mol. The number of amides is 2. The minimum atomic E-state index is -1.05. The average molecular weight is 602 g/mol. The largest absolute Gasteiger partial charge is 0.497 e. The second-order valence-corrected chi connectivity index (χ2v) is 11.1. The number of benzene rings is 2. The highest BCUT2D eigenvalue weighted by Crippen LogP contribution is 2.47. The summed E-state index contributed by atoms with van der Waals surface area (Å²) in [6.45, 7) is 3.93. The van der Waals surface area contributed by atoms with Crippen molar-refractivity contribution >= 4 is 34.9 Å². The van der Waals surface area contributed by atoms with E-state index in [1.54, 1.807) is 19.4 Å². The van der Waals surface area contributed by atoms with Crippen molar-refractivity contribution in [1.82, 2.24) is 10.2 Å². The molecule has 1 aliphatic carbocycles. The number of ether oxygens (including phenoxy) is 3. The van der Waals surface area contributed by atoms with Crippen LogP contribution in [0.4, 0.5) is 10.5 Å². The molecule has 0 unspecified atom stereocenters. The molecule has 2 amide bonds. The molecule has 2 heterocycles. The number of hydrogen-bond acceptors (Lipinski definition) is 7. The first-order valence-electron chi connectivity index (χ1n) is 14.6. The van der Waals surface area contributed by atoms with Crippen LogP contribution in [0.3, 0.4) is 0 Å². The highest BCUT2D eigenvalue weighted by atomic mass is 16.5. The van der Waals surface area contributed by atoms with Gasteiger partial charge in [0.2, 0.25) is 5.91 Å². The van der Waals surface area contributed by atoms with E-state index in [9.17, 15) is 14.7 Å². The Kier molecular flexibility index (Phi) is 9.29. The number of allylic oxidation sites excluding steroid dienone is 2. The fourth-order valence-electron chi connectivity index (χ4n) is 6.03. The van der Waals surface area contributed by atoms with Gasteiger partial charge in [-0.2, -0.15) is 0 Å². The van der Waals surface area contributed by atoms with Gasteiger partial charge in [-0.25, -0.2) is 4.79 Å². The molecule has 1 fully saturated rings. The normalized spacial score (nSPS) is 16.2. The minimum absolute atomic E-state index is 0.124. The molecule has 1 aromatic heterocycles. The average Bonchev–Trinajstić information content (AvgIpc) is 3.63. The minimum Gasteiger partial charge on any atom is -0.497 e. The molecule has 5 rings (SSSR count). The Balaban J connectivity index is 1.53. The molecule has 10 heteroatoms. The Morgan fingerprint density at radius 3 is 2.34 bits per heavy atom. The number of nitrogens with zero attached hydrogens (tertiary/aromatic N) is 2. The van der Waals surface area contributed by atoms with Crippen LogP contribution < -0.4 is 24.4 Å². The van der Waals surface area contributed by atoms with Gasteiger partial charge in [0.15, 0.2) is 0 Å². The lowest BCUT2D eigenvalue weighted by Crippen LogP contribution is -2.46. The van der Waals surface area contributed by atoms with E-state index in [0.29, 0.717) is 48.1 Å². The lowest BCUT2D eigenvalue weighted by molar-refractivity contribution is -0.120. The maximum atomic E-state index is 13.0. The monoisotopic (exact) mass is 601 g/mol. The summed E-state index contributed by atoms with van der Waals surface area (Å²) >= 11 is 0. The number of likely N-dealkylation sites (tertiary alicyclic amines) is 1. The van der Waals surface area contributed by atoms with E-state index in [-0.39, 0.29) is 18.4 Å². The third-order valence-electron chi connectivity index (χ3n) is 8.39. The third kappa shape index (κ3) is 6.30. The van der Waals surface area contributed by atoms with Gasteiger partial charge in [-0.3, -0.25) is 9.69 Å². The van der Waals surface area contributed by atoms with E-state index in [0.717, 1.165) is 46.5 Å². The third-order valence-corrected chi connectivity index (χ3v) is 8.39. The lowest BCUT2D eigenvalue weighted by Gasteiger charge is -2.36. The molecule has 0 radical (unpaired) electrons. The van der Waals surface area contributed by atoms with Crippen LogP contribution in [0.1, 0.15) is 48.6 Å². The first-order chi connectivity index (χ1) is 21.2. The van der Waals surface area contributed by atoms with Crippen LogP contribution in [0.5, 0.6) is 17.2 Å². The molecule has 2 aromatic carbocycles. The number of carboxylic acid groups (broad SMARTS) is 1. The molecule has 2 aliphatic rings. The number of furan rings is 1. The Bertz CT molecular complexity index is 1560. The number of rotatable bonds is 10. The molecule has 0 atom stereocenters. The molecule has 3 aromatic rings. The smallest absolute Gasteiger partial charge is 0.412 e. The topological polar surface area (TPSA) is 114 Å². The molecule has 1 saturated heterocycles. The van der Waals surface area contributed by atoms with Crippen molar-refractivity contribution in [3.63, 3.8) is 0 Å². The summed E-state index contributed by atoms with van der Waals surface area (Å²) in [6.07, 6.45) is 4.15. The summed E-state index contributed by atoms with van der Waals surface area (Å²) in [5.41, 5.74) is 5.87. The molecule has 2 N–H and O–H groups in total. The van der Waals surface area contributed by atoms with E-state index < -0.39 is 6.09 Å². The number of carbonyl (C=O) groups excluding carboxylic acids is 1. The highest BCUT2D eigenvalue weighted by molar-refractivity contribution is 6.08. The first kappa shape index (κ1) is 30.7. The zero-order valence-corrected chi connectivity index (χ0v) is 25.8. The summed E-state index contributed by atoms with van der Waals surface area (Å²) in [6, 6.07) is 12.9. The SMILES string of the molecule is COc1ccc2c(c1)C(CC(=O)NCc1ccco1)=C(C)/C2=C/c1cc(OC)c(N(C(=O)O)C2CCN(C)CC2)c(OC)c1. The zero-order valence-electron chi connectivity index (χ0n) is 25.8. The van der Waals surface area contributed by atoms with Crippen LogP contribution in [0.15, 0.2) is 58.7 Å². The molecule has 232 valence electrons. The maximum Gasteiger partial charge on any atom is 0.412 e. The zero-order chi connectivity index (χ0) is 31.4. The van der Waals surface area contributed by atoms with Gasteiger partial charge in [0.05, 0.1) is 40.6 Å². The molecule has 10 nitrogen and oxygen atoms in total. The van der Waals surface area contributed by atoms with E-state index in [1.165, 1.54) is 19.1 Å². The first-order valence-corrected chi connectivity index (χ1v) is 14.6. The van der Waals surface area contributed by atoms with Crippen LogP contribution in [0.2, 0.25) is 0 Å². The number of carbonyl (C=O) groups is 2. The van der Waals surface area contributed by atoms with Gasteiger partial charge >= 0.3 is 6.09 Å². The van der Waals surface area contributed by atoms with Crippen LogP contribution >= 0.6 is 0 Å². The van der Waals surface area contributed by atoms with Gasteiger partial charge < -0.3 is 34.0 Å². The number of anilines is 1. The summed E-state index contributed by atoms with van der Waals surface area (Å²) in [7, 11) is 6.72. The van der Waals surface area contributed by atoms with E-state index >= 15 is 0 Å². The lowest BCUT2D eigenvalue weighted by atomic mass is 9.99. The molecular weight excluding hydrogens is 562 g/mol. The van der Waals surface area contributed by atoms with Crippen LogP contribution in [0, 0.1) is 0 Å². The quantitative estimate of drug-likeness (QED) is 0.295. The van der Waals surface area contributed by atoms with Gasteiger partial charge in [0.1, 0.15) is 28.7 Å². The van der Waals surface area contributed by atoms with Gasteiger partial charge in [-0.1, -0.05) is 6.07 Å². The second kappa shape index (κ2) is 13.3. The number of fused-ring (bicyclic) bond motifs is 1. The molecule has 0 bridgehead atoms. The van der Waals surface area contributed by atoms with Crippen LogP contribution in [-0.4, -0.2) is 69.5 Å². The summed E-state index contributed by atoms with van der Waals surface area (Å²) < 4.78 is 22.4. The fraction of sp³-hybridized carbons (Fsp3) is 0.353. The van der Waals surface area contributed by atoms with Crippen molar-refractivity contribution < 1.29 is 33.3 Å². The van der Waals surface area contributed by atoms with E-state index in [4.69, 9.17) is 18.6 Å². The summed E-state index contributed by atoms with van der Waals surface area (Å²) in [5.74, 6) is 2.07. The van der Waals surface area contributed by atoms with E-state index in [1.807, 2.05) is 56.4 Å². The summed E-state index contributed by atoms with van der Waals surface area (Å²) in [5, 5.41) is 13.2. The number of nitrogens with one attached hydrogen (secondary N) is 1. The Morgan fingerprint density at radius 2 is 1.75 bits per heavy atom. The van der Waals surface area contributed by atoms with Crippen molar-refractivity contribution in [2.45, 2.75) is 38.8 Å². The number of methoxy groups -OCH3 is 3. The van der Waals surface area contributed by atoms with Gasteiger partial charge in [-0.05, 0) is 116 Å². The molecular formula is C34H39N3O7. The number of piperidine rings is 1. The van der Waals surface area contributed by atoms with Gasteiger partial charge in [0.25, 0.3) is 0 Å². The predicted octanol–water partition coefficient (Wildman–Crippen LogP) is 5.92. The second-order valence-electron chi connectivity index (χ2n) is 11.1. The Hall–Kier alpha value is -4.70. The Labute approximate surface area is 257 Å². The molecule has 44 heavy (non-hydrogen) atoms. The number of hydrogen-bond donors (Lipinski definition) is 2. The fourth-order valence-corrected chi connectivity index (χ4v) is 6.03. The standard InChI is InChI=1S/C34H39N3O7/c1-21-27(26-9-8-24(41-3)18-29(26)28(21)19-32(38)35-20-25-7-6-14-44-25)15-22-16-30(42-4)33(31(17-22)43-5)37(34(39)40)23-10-12-36(2)13-11-23/h6-9,14-18,23H,10-13,19-20H2,1-5H3,(H,35,38)(H,39,40)/b27-15-. The van der Waals surface area contributed by atoms with E-state index in [2.05, 4.69) is 10.2 Å². The maximum absolute atomic E-state index is 13.0. The summed E-state index contributed by atoms with van der Waals surface area (Å²) in [4.78, 5) is 29.2. The van der Waals surface area contributed by atoms with Crippen LogP contribution in [0.25, 0.3) is 17.2 Å².